The van der Waals surface area contributed by atoms with Gasteiger partial charge in [0.25, 0.3) is 5.91 Å². The maximum absolute atomic E-state index is 12.7. The van der Waals surface area contributed by atoms with Crippen LogP contribution in [0.2, 0.25) is 0 Å². The van der Waals surface area contributed by atoms with Gasteiger partial charge in [0.2, 0.25) is 0 Å². The first-order chi connectivity index (χ1) is 12.8. The second-order valence-electron chi connectivity index (χ2n) is 7.05. The normalized spacial score (nSPS) is 18.3. The van der Waals surface area contributed by atoms with E-state index in [1.54, 1.807) is 12.3 Å². The smallest absolute Gasteiger partial charge is 0.257 e. The first-order valence-corrected chi connectivity index (χ1v) is 10.9. The summed E-state index contributed by atoms with van der Waals surface area (Å²) in [6.07, 6.45) is 3.82. The molecule has 1 aliphatic heterocycles. The van der Waals surface area contributed by atoms with Crippen molar-refractivity contribution >= 4 is 27.1 Å². The van der Waals surface area contributed by atoms with Gasteiger partial charge in [-0.3, -0.25) is 9.78 Å². The number of aromatic nitrogens is 1. The van der Waals surface area contributed by atoms with Crippen molar-refractivity contribution in [2.45, 2.75) is 33.2 Å². The highest BCUT2D eigenvalue weighted by atomic mass is 32.2. The molecule has 144 valence electrons. The Morgan fingerprint density at radius 3 is 2.70 bits per heavy atom. The van der Waals surface area contributed by atoms with Crippen molar-refractivity contribution < 1.29 is 13.2 Å². The molecule has 1 atom stereocenters. The predicted molar refractivity (Wildman–Crippen MR) is 108 cm³/mol. The molecule has 3 rings (SSSR count). The minimum absolute atomic E-state index is 0.0703. The lowest BCUT2D eigenvalue weighted by molar-refractivity contribution is 0.102. The van der Waals surface area contributed by atoms with E-state index in [2.05, 4.69) is 10.3 Å². The van der Waals surface area contributed by atoms with E-state index in [0.717, 1.165) is 22.5 Å². The molecule has 2 aromatic rings. The van der Waals surface area contributed by atoms with Gasteiger partial charge >= 0.3 is 0 Å². The number of hydrogen-bond donors (Lipinski definition) is 1. The molecule has 0 bridgehead atoms. The highest BCUT2D eigenvalue weighted by Crippen LogP contribution is 2.25. The van der Waals surface area contributed by atoms with Crippen LogP contribution in [-0.2, 0) is 9.84 Å². The zero-order valence-electron chi connectivity index (χ0n) is 15.9. The Bertz CT molecular complexity index is 957. The van der Waals surface area contributed by atoms with Crippen LogP contribution in [0.3, 0.4) is 0 Å². The summed E-state index contributed by atoms with van der Waals surface area (Å²) in [5.74, 6) is 0.141. The maximum Gasteiger partial charge on any atom is 0.257 e. The Labute approximate surface area is 160 Å². The zero-order valence-corrected chi connectivity index (χ0v) is 16.7. The van der Waals surface area contributed by atoms with Crippen molar-refractivity contribution in [1.82, 2.24) is 4.98 Å². The topological polar surface area (TPSA) is 79.4 Å². The summed E-state index contributed by atoms with van der Waals surface area (Å²) in [6.45, 7) is 6.56. The van der Waals surface area contributed by atoms with Crippen molar-refractivity contribution in [3.63, 3.8) is 0 Å². The summed E-state index contributed by atoms with van der Waals surface area (Å²) in [7, 11) is -2.98. The Balaban J connectivity index is 1.82. The number of nitrogens with one attached hydrogen (secondary N) is 1. The van der Waals surface area contributed by atoms with Crippen LogP contribution in [0.4, 0.5) is 11.4 Å². The van der Waals surface area contributed by atoms with Crippen LogP contribution in [0.25, 0.3) is 0 Å². The third kappa shape index (κ3) is 4.47. The molecule has 0 saturated carbocycles. The van der Waals surface area contributed by atoms with Crippen LogP contribution in [0, 0.1) is 13.8 Å². The van der Waals surface area contributed by atoms with E-state index in [1.807, 2.05) is 43.9 Å². The van der Waals surface area contributed by atoms with Crippen molar-refractivity contribution in [2.75, 3.05) is 28.3 Å². The summed E-state index contributed by atoms with van der Waals surface area (Å²) in [6, 6.07) is 7.62. The molecule has 1 saturated heterocycles. The van der Waals surface area contributed by atoms with Crippen LogP contribution in [0.1, 0.15) is 34.8 Å². The number of hydrogen-bond acceptors (Lipinski definition) is 5. The van der Waals surface area contributed by atoms with Crippen molar-refractivity contribution in [2.24, 2.45) is 0 Å². The zero-order chi connectivity index (χ0) is 19.6. The van der Waals surface area contributed by atoms with Crippen LogP contribution in [-0.4, -0.2) is 43.4 Å². The second kappa shape index (κ2) is 7.68. The van der Waals surface area contributed by atoms with Gasteiger partial charge in [0.15, 0.2) is 9.84 Å². The number of carbonyl (C=O) groups excluding carboxylic acids is 1. The van der Waals surface area contributed by atoms with Gasteiger partial charge in [0.1, 0.15) is 0 Å². The van der Waals surface area contributed by atoms with Gasteiger partial charge < -0.3 is 10.2 Å². The standard InChI is InChI=1S/C20H25N3O3S/c1-4-23(17-7-8-27(25,26)13-17)18-10-16(11-21-12-18)20(24)22-19-9-14(2)5-6-15(19)3/h5-6,9-12,17H,4,7-8,13H2,1-3H3,(H,22,24). The SMILES string of the molecule is CCN(c1cncc(C(=O)Nc2cc(C)ccc2C)c1)C1CCS(=O)(=O)C1. The number of rotatable bonds is 5. The molecule has 7 heteroatoms. The van der Waals surface area contributed by atoms with Crippen LogP contribution in [0.5, 0.6) is 0 Å². The molecule has 1 N–H and O–H groups in total. The lowest BCUT2D eigenvalue weighted by Gasteiger charge is -2.29. The van der Waals surface area contributed by atoms with Crippen molar-refractivity contribution in [3.05, 3.63) is 53.3 Å². The van der Waals surface area contributed by atoms with E-state index in [-0.39, 0.29) is 23.5 Å². The van der Waals surface area contributed by atoms with E-state index < -0.39 is 9.84 Å². The number of carbonyl (C=O) groups is 1. The fourth-order valence-corrected chi connectivity index (χ4v) is 5.18. The third-order valence-electron chi connectivity index (χ3n) is 4.95. The third-order valence-corrected chi connectivity index (χ3v) is 6.70. The van der Waals surface area contributed by atoms with Crippen LogP contribution < -0.4 is 10.2 Å². The number of pyridine rings is 1. The molecule has 2 heterocycles. The van der Waals surface area contributed by atoms with Gasteiger partial charge in [0.05, 0.1) is 29.0 Å². The summed E-state index contributed by atoms with van der Waals surface area (Å²) in [5.41, 5.74) is 4.06. The van der Waals surface area contributed by atoms with Gasteiger partial charge in [-0.05, 0) is 50.5 Å². The van der Waals surface area contributed by atoms with E-state index in [1.165, 1.54) is 6.20 Å². The van der Waals surface area contributed by atoms with E-state index in [4.69, 9.17) is 0 Å². The lowest BCUT2D eigenvalue weighted by Crippen LogP contribution is -2.36. The van der Waals surface area contributed by atoms with Gasteiger partial charge in [-0.1, -0.05) is 12.1 Å². The monoisotopic (exact) mass is 387 g/mol. The Hall–Kier alpha value is -2.41. The van der Waals surface area contributed by atoms with Crippen LogP contribution >= 0.6 is 0 Å². The molecule has 0 aliphatic carbocycles. The van der Waals surface area contributed by atoms with Crippen LogP contribution in [0.15, 0.2) is 36.7 Å². The number of sulfone groups is 1. The highest BCUT2D eigenvalue weighted by molar-refractivity contribution is 7.91. The molecule has 1 aliphatic rings. The molecule has 0 radical (unpaired) electrons. The average Bonchev–Trinajstić information content (AvgIpc) is 2.98. The first-order valence-electron chi connectivity index (χ1n) is 9.10. The number of nitrogens with zero attached hydrogens (tertiary/aromatic N) is 2. The van der Waals surface area contributed by atoms with Gasteiger partial charge in [-0.25, -0.2) is 8.42 Å². The second-order valence-corrected chi connectivity index (χ2v) is 9.28. The molecular weight excluding hydrogens is 362 g/mol. The van der Waals surface area contributed by atoms with E-state index in [9.17, 15) is 13.2 Å². The summed E-state index contributed by atoms with van der Waals surface area (Å²) in [5, 5.41) is 2.94. The number of aryl methyl sites for hydroxylation is 2. The highest BCUT2D eigenvalue weighted by Gasteiger charge is 2.32. The van der Waals surface area contributed by atoms with Gasteiger partial charge in [-0.15, -0.1) is 0 Å². The fourth-order valence-electron chi connectivity index (χ4n) is 3.45. The molecule has 1 fully saturated rings. The quantitative estimate of drug-likeness (QED) is 0.853. The molecular formula is C20H25N3O3S. The molecule has 1 unspecified atom stereocenters. The minimum atomic E-state index is -2.98. The average molecular weight is 388 g/mol. The molecule has 1 aromatic carbocycles. The van der Waals surface area contributed by atoms with E-state index >= 15 is 0 Å². The number of amides is 1. The molecule has 0 spiro atoms. The molecule has 6 nitrogen and oxygen atoms in total. The largest absolute Gasteiger partial charge is 0.367 e. The van der Waals surface area contributed by atoms with Gasteiger partial charge in [-0.2, -0.15) is 0 Å². The van der Waals surface area contributed by atoms with Gasteiger partial charge in [0, 0.05) is 24.5 Å². The molecule has 1 amide bonds. The Kier molecular flexibility index (Phi) is 5.51. The predicted octanol–water partition coefficient (Wildman–Crippen LogP) is 2.96. The van der Waals surface area contributed by atoms with Crippen molar-refractivity contribution in [3.8, 4) is 0 Å². The summed E-state index contributed by atoms with van der Waals surface area (Å²) in [4.78, 5) is 18.9. The van der Waals surface area contributed by atoms with E-state index in [0.29, 0.717) is 18.5 Å². The summed E-state index contributed by atoms with van der Waals surface area (Å²) < 4.78 is 23.6. The first kappa shape index (κ1) is 19.4. The van der Waals surface area contributed by atoms with Crippen molar-refractivity contribution in [1.29, 1.82) is 0 Å². The molecule has 27 heavy (non-hydrogen) atoms. The molecule has 1 aromatic heterocycles. The Morgan fingerprint density at radius 1 is 1.26 bits per heavy atom. The number of benzene rings is 1. The Morgan fingerprint density at radius 2 is 2.04 bits per heavy atom. The lowest BCUT2D eigenvalue weighted by atomic mass is 10.1. The fraction of sp³-hybridized carbons (Fsp3) is 0.400. The minimum Gasteiger partial charge on any atom is -0.367 e. The number of anilines is 2. The summed E-state index contributed by atoms with van der Waals surface area (Å²) >= 11 is 0. The maximum atomic E-state index is 12.7.